The third kappa shape index (κ3) is 2.88. The Balaban J connectivity index is 1.62. The number of hydrogen-bond donors (Lipinski definition) is 0. The number of ether oxygens (including phenoxy) is 2. The second kappa shape index (κ2) is 6.51. The molecule has 3 fully saturated rings. The molecule has 3 saturated heterocycles. The van der Waals surface area contributed by atoms with E-state index >= 15 is 0 Å². The summed E-state index contributed by atoms with van der Waals surface area (Å²) in [6, 6.07) is 4.53. The van der Waals surface area contributed by atoms with E-state index in [1.54, 1.807) is 24.0 Å². The first-order valence-corrected chi connectivity index (χ1v) is 10.5. The summed E-state index contributed by atoms with van der Waals surface area (Å²) in [6.07, 6.45) is 0.00500. The molecule has 3 aliphatic rings. The van der Waals surface area contributed by atoms with Crippen molar-refractivity contribution in [2.75, 3.05) is 39.9 Å². The third-order valence-corrected chi connectivity index (χ3v) is 8.15. The number of methoxy groups -OCH3 is 1. The summed E-state index contributed by atoms with van der Waals surface area (Å²) in [5, 5.41) is -0.675. The van der Waals surface area contributed by atoms with Gasteiger partial charge in [-0.1, -0.05) is 12.1 Å². The van der Waals surface area contributed by atoms with E-state index in [1.165, 1.54) is 17.5 Å². The van der Waals surface area contributed by atoms with Gasteiger partial charge in [0.05, 0.1) is 24.8 Å². The van der Waals surface area contributed by atoms with Crippen molar-refractivity contribution in [3.05, 3.63) is 35.1 Å². The number of benzene rings is 1. The molecule has 0 aromatic heterocycles. The fourth-order valence-electron chi connectivity index (χ4n) is 4.56. The molecule has 3 aliphatic heterocycles. The van der Waals surface area contributed by atoms with Gasteiger partial charge in [0.1, 0.15) is 16.7 Å². The van der Waals surface area contributed by atoms with Crippen molar-refractivity contribution in [3.8, 4) is 0 Å². The highest BCUT2D eigenvalue weighted by Crippen LogP contribution is 2.46. The lowest BCUT2D eigenvalue weighted by Gasteiger charge is -2.39. The molecule has 1 aromatic carbocycles. The minimum atomic E-state index is -3.51. The number of carbonyl (C=O) groups excluding carboxylic acids is 1. The average molecular weight is 398 g/mol. The maximum absolute atomic E-state index is 14.3. The molecule has 0 saturated carbocycles. The molecule has 27 heavy (non-hydrogen) atoms. The van der Waals surface area contributed by atoms with Gasteiger partial charge in [0.15, 0.2) is 0 Å². The van der Waals surface area contributed by atoms with Crippen molar-refractivity contribution < 1.29 is 27.1 Å². The Labute approximate surface area is 158 Å². The number of carbonyl (C=O) groups is 1. The van der Waals surface area contributed by atoms with E-state index in [-0.39, 0.29) is 37.8 Å². The molecule has 2 bridgehead atoms. The van der Waals surface area contributed by atoms with Crippen molar-refractivity contribution in [2.45, 2.75) is 30.3 Å². The molecule has 1 unspecified atom stereocenters. The first-order chi connectivity index (χ1) is 12.8. The summed E-state index contributed by atoms with van der Waals surface area (Å²) in [5.41, 5.74) is -0.345. The van der Waals surface area contributed by atoms with E-state index in [2.05, 4.69) is 0 Å². The average Bonchev–Trinajstić information content (AvgIpc) is 2.98. The highest BCUT2D eigenvalue weighted by Gasteiger charge is 2.65. The van der Waals surface area contributed by atoms with Crippen LogP contribution in [0.3, 0.4) is 0 Å². The van der Waals surface area contributed by atoms with Crippen LogP contribution in [-0.2, 0) is 19.5 Å². The molecule has 3 atom stereocenters. The largest absolute Gasteiger partial charge is 0.383 e. The minimum absolute atomic E-state index is 0.0452. The van der Waals surface area contributed by atoms with Gasteiger partial charge in [-0.3, -0.25) is 4.79 Å². The van der Waals surface area contributed by atoms with Gasteiger partial charge in [-0.2, -0.15) is 4.31 Å². The zero-order chi connectivity index (χ0) is 19.4. The molecule has 1 aromatic rings. The highest BCUT2D eigenvalue weighted by atomic mass is 32.2. The molecule has 9 heteroatoms. The quantitative estimate of drug-likeness (QED) is 0.749. The Morgan fingerprint density at radius 2 is 2.19 bits per heavy atom. The Hall–Kier alpha value is -1.55. The lowest BCUT2D eigenvalue weighted by molar-refractivity contribution is -0.0982. The third-order valence-electron chi connectivity index (χ3n) is 5.78. The van der Waals surface area contributed by atoms with Gasteiger partial charge in [-0.25, -0.2) is 12.8 Å². The zero-order valence-corrected chi connectivity index (χ0v) is 16.2. The molecular weight excluding hydrogens is 375 g/mol. The Kier molecular flexibility index (Phi) is 4.53. The van der Waals surface area contributed by atoms with Crippen molar-refractivity contribution in [3.63, 3.8) is 0 Å². The van der Waals surface area contributed by atoms with Gasteiger partial charge >= 0.3 is 0 Å². The van der Waals surface area contributed by atoms with E-state index in [1.807, 2.05) is 0 Å². The Morgan fingerprint density at radius 3 is 2.89 bits per heavy atom. The SMILES string of the molecule is COCCN1CC23CN(C(=O)c4c(C)cccc4F)C[C@@H](C[C@@H]2S1(=O)=O)O3. The predicted molar refractivity (Wildman–Crippen MR) is 95.4 cm³/mol. The summed E-state index contributed by atoms with van der Waals surface area (Å²) in [5.74, 6) is -0.972. The zero-order valence-electron chi connectivity index (χ0n) is 15.4. The molecule has 4 rings (SSSR count). The maximum Gasteiger partial charge on any atom is 0.257 e. The van der Waals surface area contributed by atoms with Gasteiger partial charge in [-0.05, 0) is 25.0 Å². The second-order valence-corrected chi connectivity index (χ2v) is 9.63. The number of halogens is 1. The summed E-state index contributed by atoms with van der Waals surface area (Å²) < 4.78 is 52.5. The lowest BCUT2D eigenvalue weighted by Crippen LogP contribution is -2.56. The van der Waals surface area contributed by atoms with E-state index in [9.17, 15) is 17.6 Å². The van der Waals surface area contributed by atoms with Gasteiger partial charge < -0.3 is 14.4 Å². The number of rotatable bonds is 4. The minimum Gasteiger partial charge on any atom is -0.383 e. The molecule has 148 valence electrons. The number of sulfonamides is 1. The van der Waals surface area contributed by atoms with Crippen LogP contribution < -0.4 is 0 Å². The van der Waals surface area contributed by atoms with E-state index in [0.717, 1.165) is 0 Å². The molecule has 1 amide bonds. The molecule has 7 nitrogen and oxygen atoms in total. The number of amides is 1. The van der Waals surface area contributed by atoms with Gasteiger partial charge in [0, 0.05) is 26.7 Å². The first-order valence-electron chi connectivity index (χ1n) is 8.98. The molecule has 0 radical (unpaired) electrons. The van der Waals surface area contributed by atoms with Crippen LogP contribution in [0.25, 0.3) is 0 Å². The smallest absolute Gasteiger partial charge is 0.257 e. The standard InChI is InChI=1S/C18H23FN2O5S/c1-12-4-3-5-14(19)16(12)17(22)20-9-13-8-15-18(10-20,26-13)11-21(6-7-25-2)27(15,23)24/h3-5,13,15H,6-11H2,1-2H3/t13-,15+,18?/m1/s1. The topological polar surface area (TPSA) is 76.2 Å². The highest BCUT2D eigenvalue weighted by molar-refractivity contribution is 7.90. The van der Waals surface area contributed by atoms with Crippen LogP contribution in [0.1, 0.15) is 22.3 Å². The van der Waals surface area contributed by atoms with Crippen LogP contribution in [0.4, 0.5) is 4.39 Å². The van der Waals surface area contributed by atoms with Crippen molar-refractivity contribution >= 4 is 15.9 Å². The maximum atomic E-state index is 14.3. The molecule has 0 N–H and O–H groups in total. The molecule has 0 aliphatic carbocycles. The summed E-state index contributed by atoms with van der Waals surface area (Å²) in [6.45, 7) is 2.86. The van der Waals surface area contributed by atoms with Crippen molar-refractivity contribution in [1.29, 1.82) is 0 Å². The number of morpholine rings is 1. The fraction of sp³-hybridized carbons (Fsp3) is 0.611. The van der Waals surface area contributed by atoms with Gasteiger partial charge in [0.25, 0.3) is 5.91 Å². The number of nitrogens with zero attached hydrogens (tertiary/aromatic N) is 2. The Morgan fingerprint density at radius 1 is 1.41 bits per heavy atom. The van der Waals surface area contributed by atoms with Crippen molar-refractivity contribution in [1.82, 2.24) is 9.21 Å². The van der Waals surface area contributed by atoms with Crippen LogP contribution in [0.5, 0.6) is 0 Å². The molecule has 3 heterocycles. The summed E-state index contributed by atoms with van der Waals surface area (Å²) >= 11 is 0. The molecular formula is C18H23FN2O5S. The van der Waals surface area contributed by atoms with Crippen LogP contribution in [0.2, 0.25) is 0 Å². The first kappa shape index (κ1) is 18.8. The monoisotopic (exact) mass is 398 g/mol. The van der Waals surface area contributed by atoms with Crippen molar-refractivity contribution in [2.24, 2.45) is 0 Å². The van der Waals surface area contributed by atoms with Crippen LogP contribution >= 0.6 is 0 Å². The predicted octanol–water partition coefficient (Wildman–Crippen LogP) is 0.778. The van der Waals surface area contributed by atoms with Gasteiger partial charge in [0.2, 0.25) is 10.0 Å². The van der Waals surface area contributed by atoms with Gasteiger partial charge in [-0.15, -0.1) is 0 Å². The summed E-state index contributed by atoms with van der Waals surface area (Å²) in [4.78, 5) is 14.6. The normalized spacial score (nSPS) is 31.9. The van der Waals surface area contributed by atoms with E-state index in [4.69, 9.17) is 9.47 Å². The second-order valence-electron chi connectivity index (χ2n) is 7.52. The van der Waals surface area contributed by atoms with Crippen LogP contribution in [-0.4, -0.2) is 80.4 Å². The van der Waals surface area contributed by atoms with E-state index < -0.39 is 32.6 Å². The van der Waals surface area contributed by atoms with E-state index in [0.29, 0.717) is 18.6 Å². The lowest BCUT2D eigenvalue weighted by atomic mass is 9.98. The summed E-state index contributed by atoms with van der Waals surface area (Å²) in [7, 11) is -1.99. The van der Waals surface area contributed by atoms with Crippen LogP contribution in [0, 0.1) is 12.7 Å². The molecule has 1 spiro atoms. The number of fused-ring (bicyclic) bond motifs is 1. The number of aryl methyl sites for hydroxylation is 1. The fourth-order valence-corrected chi connectivity index (χ4v) is 6.85. The Bertz CT molecular complexity index is 856. The number of hydrogen-bond acceptors (Lipinski definition) is 5. The van der Waals surface area contributed by atoms with Crippen LogP contribution in [0.15, 0.2) is 18.2 Å². The number of likely N-dealkylation sites (tertiary alicyclic amines) is 1.